The van der Waals surface area contributed by atoms with Crippen LogP contribution in [-0.2, 0) is 5.75 Å². The Morgan fingerprint density at radius 2 is 1.79 bits per heavy atom. The van der Waals surface area contributed by atoms with Crippen molar-refractivity contribution in [3.63, 3.8) is 0 Å². The maximum absolute atomic E-state index is 12.2. The lowest BCUT2D eigenvalue weighted by Gasteiger charge is -2.06. The summed E-state index contributed by atoms with van der Waals surface area (Å²) in [6.07, 6.45) is 1.67. The van der Waals surface area contributed by atoms with Crippen LogP contribution in [0.1, 0.15) is 5.89 Å². The van der Waals surface area contributed by atoms with E-state index in [0.29, 0.717) is 33.9 Å². The average Bonchev–Trinajstić information content (AvgIpc) is 3.34. The lowest BCUT2D eigenvalue weighted by Crippen LogP contribution is -2.11. The van der Waals surface area contributed by atoms with Gasteiger partial charge >= 0.3 is 6.61 Å². The van der Waals surface area contributed by atoms with Gasteiger partial charge in [0.15, 0.2) is 11.6 Å². The highest BCUT2D eigenvalue weighted by atomic mass is 32.2. The van der Waals surface area contributed by atoms with E-state index in [4.69, 9.17) is 10.3 Å². The van der Waals surface area contributed by atoms with Gasteiger partial charge in [-0.05, 0) is 24.3 Å². The quantitative estimate of drug-likeness (QED) is 0.357. The third kappa shape index (κ3) is 4.37. The summed E-state index contributed by atoms with van der Waals surface area (Å²) in [5, 5.41) is 8.61. The second-order valence-electron chi connectivity index (χ2n) is 5.85. The van der Waals surface area contributed by atoms with E-state index in [0.717, 1.165) is 5.56 Å². The van der Waals surface area contributed by atoms with Crippen molar-refractivity contribution in [2.75, 3.05) is 5.84 Å². The first kappa shape index (κ1) is 18.9. The zero-order chi connectivity index (χ0) is 20.2. The molecule has 10 heteroatoms. The van der Waals surface area contributed by atoms with Crippen molar-refractivity contribution < 1.29 is 17.9 Å². The number of ether oxygens (including phenoxy) is 1. The molecule has 2 aromatic carbocycles. The Hall–Kier alpha value is -3.40. The molecule has 2 aromatic heterocycles. The highest BCUT2D eigenvalue weighted by Gasteiger charge is 2.15. The number of nitrogens with zero attached hydrogens (tertiary/aromatic N) is 4. The number of oxazole rings is 1. The molecule has 0 unspecified atom stereocenters. The number of halogens is 2. The maximum Gasteiger partial charge on any atom is 0.387 e. The molecule has 0 saturated heterocycles. The van der Waals surface area contributed by atoms with E-state index in [-0.39, 0.29) is 5.75 Å². The topological polar surface area (TPSA) is 92.0 Å². The molecule has 0 fully saturated rings. The smallest absolute Gasteiger partial charge is 0.387 e. The van der Waals surface area contributed by atoms with Gasteiger partial charge in [0.1, 0.15) is 5.75 Å². The molecule has 7 nitrogen and oxygen atoms in total. The Morgan fingerprint density at radius 3 is 2.52 bits per heavy atom. The van der Waals surface area contributed by atoms with Crippen molar-refractivity contribution in [2.45, 2.75) is 17.5 Å². The minimum absolute atomic E-state index is 0.0551. The summed E-state index contributed by atoms with van der Waals surface area (Å²) >= 11 is 1.32. The molecule has 0 radical (unpaired) electrons. The van der Waals surface area contributed by atoms with E-state index in [9.17, 15) is 8.78 Å². The van der Waals surface area contributed by atoms with Crippen LogP contribution in [0.15, 0.2) is 70.4 Å². The van der Waals surface area contributed by atoms with Crippen molar-refractivity contribution in [1.82, 2.24) is 19.9 Å². The van der Waals surface area contributed by atoms with Crippen LogP contribution in [0.5, 0.6) is 5.75 Å². The van der Waals surface area contributed by atoms with Crippen LogP contribution in [0.4, 0.5) is 8.78 Å². The zero-order valence-electron chi connectivity index (χ0n) is 14.9. The predicted octanol–water partition coefficient (Wildman–Crippen LogP) is 4.21. The van der Waals surface area contributed by atoms with Crippen molar-refractivity contribution in [1.29, 1.82) is 0 Å². The molecule has 0 amide bonds. The van der Waals surface area contributed by atoms with Gasteiger partial charge < -0.3 is 15.0 Å². The zero-order valence-corrected chi connectivity index (χ0v) is 15.7. The molecule has 2 N–H and O–H groups in total. The average molecular weight is 415 g/mol. The van der Waals surface area contributed by atoms with Crippen LogP contribution in [-0.4, -0.2) is 26.5 Å². The Kier molecular flexibility index (Phi) is 5.43. The molecule has 4 rings (SSSR count). The fourth-order valence-electron chi connectivity index (χ4n) is 2.60. The molecule has 0 saturated carbocycles. The molecule has 0 aliphatic heterocycles. The van der Waals surface area contributed by atoms with Crippen molar-refractivity contribution in [2.24, 2.45) is 0 Å². The number of nitrogens with two attached hydrogens (primary N) is 1. The van der Waals surface area contributed by atoms with E-state index in [2.05, 4.69) is 19.9 Å². The normalized spacial score (nSPS) is 11.1. The fourth-order valence-corrected chi connectivity index (χ4v) is 3.31. The molecule has 148 valence electrons. The van der Waals surface area contributed by atoms with Gasteiger partial charge in [0.05, 0.1) is 11.9 Å². The molecule has 29 heavy (non-hydrogen) atoms. The van der Waals surface area contributed by atoms with Crippen LogP contribution in [0.2, 0.25) is 0 Å². The summed E-state index contributed by atoms with van der Waals surface area (Å²) < 4.78 is 35.9. The van der Waals surface area contributed by atoms with E-state index in [1.807, 2.05) is 30.3 Å². The number of hydrogen-bond acceptors (Lipinski definition) is 7. The van der Waals surface area contributed by atoms with E-state index < -0.39 is 6.61 Å². The van der Waals surface area contributed by atoms with Crippen LogP contribution >= 0.6 is 11.8 Å². The van der Waals surface area contributed by atoms with E-state index in [1.54, 1.807) is 18.3 Å². The third-order valence-electron chi connectivity index (χ3n) is 3.94. The standard InChI is InChI=1S/C19H15F2N5O2S/c20-18(21)27-14-8-6-13(7-9-14)17-24-25-19(26(17)22)29-11-16-23-10-15(28-16)12-4-2-1-3-5-12/h1-10,18H,11,22H2. The number of benzene rings is 2. The summed E-state index contributed by atoms with van der Waals surface area (Å²) in [6, 6.07) is 15.7. The largest absolute Gasteiger partial charge is 0.440 e. The number of nitrogen functional groups attached to an aromatic ring is 1. The van der Waals surface area contributed by atoms with Gasteiger partial charge in [0.2, 0.25) is 11.0 Å². The lowest BCUT2D eigenvalue weighted by atomic mass is 10.2. The second-order valence-corrected chi connectivity index (χ2v) is 6.79. The highest BCUT2D eigenvalue weighted by Crippen LogP contribution is 2.27. The number of aromatic nitrogens is 4. The Bertz CT molecular complexity index is 1080. The summed E-state index contributed by atoms with van der Waals surface area (Å²) in [4.78, 5) is 4.27. The van der Waals surface area contributed by atoms with Crippen molar-refractivity contribution >= 4 is 11.8 Å². The van der Waals surface area contributed by atoms with Crippen LogP contribution in [0.3, 0.4) is 0 Å². The van der Waals surface area contributed by atoms with E-state index >= 15 is 0 Å². The Balaban J connectivity index is 1.43. The molecule has 0 bridgehead atoms. The molecule has 0 aliphatic rings. The first-order chi connectivity index (χ1) is 14.1. The van der Waals surface area contributed by atoms with E-state index in [1.165, 1.54) is 28.6 Å². The van der Waals surface area contributed by atoms with Crippen LogP contribution < -0.4 is 10.6 Å². The fraction of sp³-hybridized carbons (Fsp3) is 0.105. The van der Waals surface area contributed by atoms with Crippen molar-refractivity contribution in [3.05, 3.63) is 66.7 Å². The van der Waals surface area contributed by atoms with Gasteiger partial charge in [-0.25, -0.2) is 9.66 Å². The second kappa shape index (κ2) is 8.31. The molecular weight excluding hydrogens is 400 g/mol. The number of thioether (sulfide) groups is 1. The first-order valence-electron chi connectivity index (χ1n) is 8.49. The lowest BCUT2D eigenvalue weighted by molar-refractivity contribution is -0.0498. The SMILES string of the molecule is Nn1c(SCc2ncc(-c3ccccc3)o2)nnc1-c1ccc(OC(F)F)cc1. The van der Waals surface area contributed by atoms with Gasteiger partial charge in [-0.15, -0.1) is 10.2 Å². The predicted molar refractivity (Wildman–Crippen MR) is 104 cm³/mol. The minimum Gasteiger partial charge on any atom is -0.440 e. The highest BCUT2D eigenvalue weighted by molar-refractivity contribution is 7.98. The minimum atomic E-state index is -2.88. The Labute approximate surface area is 168 Å². The molecular formula is C19H15F2N5O2S. The number of rotatable bonds is 7. The summed E-state index contributed by atoms with van der Waals surface area (Å²) in [5.74, 6) is 8.17. The first-order valence-corrected chi connectivity index (χ1v) is 9.47. The van der Waals surface area contributed by atoms with Gasteiger partial charge in [0, 0.05) is 11.1 Å². The number of alkyl halides is 2. The summed E-state index contributed by atoms with van der Waals surface area (Å²) in [5.41, 5.74) is 1.57. The number of hydrogen-bond donors (Lipinski definition) is 1. The third-order valence-corrected chi connectivity index (χ3v) is 4.87. The van der Waals surface area contributed by atoms with Gasteiger partial charge in [0.25, 0.3) is 0 Å². The van der Waals surface area contributed by atoms with Crippen LogP contribution in [0.25, 0.3) is 22.7 Å². The van der Waals surface area contributed by atoms with Gasteiger partial charge in [-0.2, -0.15) is 8.78 Å². The summed E-state index contributed by atoms with van der Waals surface area (Å²) in [7, 11) is 0. The van der Waals surface area contributed by atoms with Crippen molar-refractivity contribution in [3.8, 4) is 28.5 Å². The molecule has 4 aromatic rings. The maximum atomic E-state index is 12.2. The monoisotopic (exact) mass is 415 g/mol. The Morgan fingerprint density at radius 1 is 1.03 bits per heavy atom. The molecule has 2 heterocycles. The summed E-state index contributed by atoms with van der Waals surface area (Å²) in [6.45, 7) is -2.88. The molecule has 0 aliphatic carbocycles. The van der Waals surface area contributed by atoms with Gasteiger partial charge in [-0.1, -0.05) is 42.1 Å². The molecule has 0 spiro atoms. The van der Waals surface area contributed by atoms with Crippen LogP contribution in [0, 0.1) is 0 Å². The van der Waals surface area contributed by atoms with Gasteiger partial charge in [-0.3, -0.25) is 0 Å². The molecule has 0 atom stereocenters.